The zero-order valence-electron chi connectivity index (χ0n) is 13.6. The minimum absolute atomic E-state index is 0.229. The molecule has 24 heavy (non-hydrogen) atoms. The highest BCUT2D eigenvalue weighted by Crippen LogP contribution is 2.32. The van der Waals surface area contributed by atoms with Gasteiger partial charge in [-0.15, -0.1) is 0 Å². The summed E-state index contributed by atoms with van der Waals surface area (Å²) in [5.41, 5.74) is 2.77. The van der Waals surface area contributed by atoms with Crippen molar-refractivity contribution in [2.75, 3.05) is 11.9 Å². The van der Waals surface area contributed by atoms with E-state index < -0.39 is 0 Å². The molecule has 0 saturated heterocycles. The molecule has 0 amide bonds. The van der Waals surface area contributed by atoms with E-state index in [0.717, 1.165) is 0 Å². The van der Waals surface area contributed by atoms with E-state index in [0.29, 0.717) is 17.9 Å². The first-order chi connectivity index (χ1) is 11.7. The molecule has 0 atom stereocenters. The summed E-state index contributed by atoms with van der Waals surface area (Å²) >= 11 is 0. The summed E-state index contributed by atoms with van der Waals surface area (Å²) in [7, 11) is 0. The fourth-order valence-electron chi connectivity index (χ4n) is 2.88. The molecule has 0 radical (unpaired) electrons. The normalized spacial score (nSPS) is 10.8. The van der Waals surface area contributed by atoms with Crippen LogP contribution in [0.4, 0.5) is 5.82 Å². The summed E-state index contributed by atoms with van der Waals surface area (Å²) in [5, 5.41) is 12.6. The summed E-state index contributed by atoms with van der Waals surface area (Å²) in [6, 6.07) is 26.5. The van der Waals surface area contributed by atoms with Gasteiger partial charge in [0.25, 0.3) is 0 Å². The number of benzene rings is 2. The summed E-state index contributed by atoms with van der Waals surface area (Å²) in [4.78, 5) is 4.31. The minimum atomic E-state index is -0.229. The highest BCUT2D eigenvalue weighted by molar-refractivity contribution is 5.52. The largest absolute Gasteiger partial charge is 0.368 e. The number of pyridine rings is 1. The van der Waals surface area contributed by atoms with Crippen molar-refractivity contribution in [2.45, 2.75) is 12.3 Å². The summed E-state index contributed by atoms with van der Waals surface area (Å²) in [6.45, 7) is 2.85. The molecule has 118 valence electrons. The van der Waals surface area contributed by atoms with E-state index >= 15 is 0 Å². The molecule has 0 bridgehead atoms. The lowest BCUT2D eigenvalue weighted by Gasteiger charge is -2.31. The van der Waals surface area contributed by atoms with Crippen LogP contribution in [-0.4, -0.2) is 11.5 Å². The quantitative estimate of drug-likeness (QED) is 0.761. The number of hydrogen-bond donors (Lipinski definition) is 1. The molecule has 3 rings (SSSR count). The van der Waals surface area contributed by atoms with E-state index in [9.17, 15) is 5.26 Å². The Morgan fingerprint density at radius 3 is 2.04 bits per heavy atom. The lowest BCUT2D eigenvalue weighted by molar-refractivity contribution is 0.602. The van der Waals surface area contributed by atoms with E-state index in [-0.39, 0.29) is 5.41 Å². The number of nitrogens with one attached hydrogen (secondary N) is 1. The van der Waals surface area contributed by atoms with Crippen molar-refractivity contribution in [2.24, 2.45) is 0 Å². The van der Waals surface area contributed by atoms with Gasteiger partial charge in [-0.1, -0.05) is 60.7 Å². The maximum Gasteiger partial charge on any atom is 0.143 e. The SMILES string of the molecule is CC(CNc1ncccc1C#N)(c1ccccc1)c1ccccc1. The van der Waals surface area contributed by atoms with Crippen molar-refractivity contribution in [3.63, 3.8) is 0 Å². The number of hydrogen-bond acceptors (Lipinski definition) is 3. The van der Waals surface area contributed by atoms with Crippen LogP contribution >= 0.6 is 0 Å². The first-order valence-corrected chi connectivity index (χ1v) is 7.94. The average molecular weight is 313 g/mol. The minimum Gasteiger partial charge on any atom is -0.368 e. The Kier molecular flexibility index (Phi) is 4.58. The molecular weight excluding hydrogens is 294 g/mol. The number of anilines is 1. The fraction of sp³-hybridized carbons (Fsp3) is 0.143. The topological polar surface area (TPSA) is 48.7 Å². The fourth-order valence-corrected chi connectivity index (χ4v) is 2.88. The predicted molar refractivity (Wildman–Crippen MR) is 96.8 cm³/mol. The Bertz CT molecular complexity index is 796. The molecule has 1 aromatic heterocycles. The van der Waals surface area contributed by atoms with Gasteiger partial charge in [-0.3, -0.25) is 0 Å². The van der Waals surface area contributed by atoms with E-state index in [1.807, 2.05) is 12.1 Å². The molecule has 0 aliphatic carbocycles. The van der Waals surface area contributed by atoms with Crippen LogP contribution in [0.15, 0.2) is 79.0 Å². The van der Waals surface area contributed by atoms with Crippen molar-refractivity contribution in [3.05, 3.63) is 95.7 Å². The standard InChI is InChI=1S/C21H19N3/c1-21(18-10-4-2-5-11-18,19-12-6-3-7-13-19)16-24-20-17(15-22)9-8-14-23-20/h2-14H,16H2,1H3,(H,23,24). The predicted octanol–water partition coefficient (Wildman–Crippen LogP) is 4.37. The summed E-state index contributed by atoms with van der Waals surface area (Å²) in [6.07, 6.45) is 1.70. The molecule has 0 aliphatic heterocycles. The Labute approximate surface area is 142 Å². The van der Waals surface area contributed by atoms with Gasteiger partial charge in [0.1, 0.15) is 11.9 Å². The van der Waals surface area contributed by atoms with Crippen molar-refractivity contribution >= 4 is 5.82 Å². The lowest BCUT2D eigenvalue weighted by atomic mass is 9.76. The van der Waals surface area contributed by atoms with E-state index in [2.05, 4.69) is 71.8 Å². The van der Waals surface area contributed by atoms with Crippen LogP contribution in [0, 0.1) is 11.3 Å². The van der Waals surface area contributed by atoms with E-state index in [1.54, 1.807) is 18.3 Å². The molecule has 3 heteroatoms. The van der Waals surface area contributed by atoms with Gasteiger partial charge in [0.05, 0.1) is 5.56 Å². The van der Waals surface area contributed by atoms with Gasteiger partial charge >= 0.3 is 0 Å². The Hall–Kier alpha value is -3.12. The molecule has 3 nitrogen and oxygen atoms in total. The van der Waals surface area contributed by atoms with Crippen LogP contribution in [0.5, 0.6) is 0 Å². The third-order valence-corrected chi connectivity index (χ3v) is 4.36. The zero-order valence-corrected chi connectivity index (χ0v) is 13.6. The molecule has 3 aromatic rings. The maximum atomic E-state index is 9.25. The van der Waals surface area contributed by atoms with Crippen LogP contribution in [-0.2, 0) is 5.41 Å². The molecule has 0 unspecified atom stereocenters. The first-order valence-electron chi connectivity index (χ1n) is 7.94. The highest BCUT2D eigenvalue weighted by Gasteiger charge is 2.28. The van der Waals surface area contributed by atoms with Gasteiger partial charge in [0.2, 0.25) is 0 Å². The molecular formula is C21H19N3. The van der Waals surface area contributed by atoms with Gasteiger partial charge in [-0.2, -0.15) is 5.26 Å². The first kappa shape index (κ1) is 15.8. The van der Waals surface area contributed by atoms with Crippen molar-refractivity contribution in [1.82, 2.24) is 4.98 Å². The second kappa shape index (κ2) is 6.97. The second-order valence-corrected chi connectivity index (χ2v) is 5.93. The Morgan fingerprint density at radius 2 is 1.50 bits per heavy atom. The van der Waals surface area contributed by atoms with Crippen molar-refractivity contribution in [1.29, 1.82) is 5.26 Å². The van der Waals surface area contributed by atoms with Crippen molar-refractivity contribution < 1.29 is 0 Å². The molecule has 0 saturated carbocycles. The van der Waals surface area contributed by atoms with Gasteiger partial charge < -0.3 is 5.32 Å². The van der Waals surface area contributed by atoms with Crippen LogP contribution in [0.3, 0.4) is 0 Å². The molecule has 0 fully saturated rings. The average Bonchev–Trinajstić information content (AvgIpc) is 2.67. The Balaban J connectivity index is 1.96. The summed E-state index contributed by atoms with van der Waals surface area (Å²) < 4.78 is 0. The second-order valence-electron chi connectivity index (χ2n) is 5.93. The third kappa shape index (κ3) is 3.13. The van der Waals surface area contributed by atoms with Gasteiger partial charge in [0, 0.05) is 18.2 Å². The molecule has 1 N–H and O–H groups in total. The molecule has 1 heterocycles. The van der Waals surface area contributed by atoms with E-state index in [1.165, 1.54) is 11.1 Å². The summed E-state index contributed by atoms with van der Waals surface area (Å²) in [5.74, 6) is 0.623. The maximum absolute atomic E-state index is 9.25. The van der Waals surface area contributed by atoms with E-state index in [4.69, 9.17) is 0 Å². The molecule has 0 aliphatic rings. The lowest BCUT2D eigenvalue weighted by Crippen LogP contribution is -2.32. The van der Waals surface area contributed by atoms with Gasteiger partial charge in [-0.05, 0) is 30.2 Å². The van der Waals surface area contributed by atoms with Crippen LogP contribution < -0.4 is 5.32 Å². The van der Waals surface area contributed by atoms with Crippen LogP contribution in [0.1, 0.15) is 23.6 Å². The number of aromatic nitrogens is 1. The van der Waals surface area contributed by atoms with Crippen LogP contribution in [0.2, 0.25) is 0 Å². The van der Waals surface area contributed by atoms with Gasteiger partial charge in [0.15, 0.2) is 0 Å². The zero-order chi connectivity index (χ0) is 16.8. The number of rotatable bonds is 5. The van der Waals surface area contributed by atoms with Gasteiger partial charge in [-0.25, -0.2) is 4.98 Å². The monoisotopic (exact) mass is 313 g/mol. The number of nitrogens with zero attached hydrogens (tertiary/aromatic N) is 2. The third-order valence-electron chi connectivity index (χ3n) is 4.36. The Morgan fingerprint density at radius 1 is 0.917 bits per heavy atom. The molecule has 2 aromatic carbocycles. The smallest absolute Gasteiger partial charge is 0.143 e. The highest BCUT2D eigenvalue weighted by atomic mass is 15.0. The van der Waals surface area contributed by atoms with Crippen LogP contribution in [0.25, 0.3) is 0 Å². The van der Waals surface area contributed by atoms with Crippen molar-refractivity contribution in [3.8, 4) is 6.07 Å². The molecule has 0 spiro atoms. The number of nitriles is 1.